The minimum atomic E-state index is -2.55. The van der Waals surface area contributed by atoms with Gasteiger partial charge in [0.2, 0.25) is 5.88 Å². The predicted molar refractivity (Wildman–Crippen MR) is 45.3 cm³/mol. The summed E-state index contributed by atoms with van der Waals surface area (Å²) in [5.74, 6) is 0.318. The van der Waals surface area contributed by atoms with E-state index in [1.54, 1.807) is 0 Å². The van der Waals surface area contributed by atoms with E-state index in [0.717, 1.165) is 6.20 Å². The largest absolute Gasteiger partial charge is 0.481 e. The van der Waals surface area contributed by atoms with Crippen LogP contribution in [-0.4, -0.2) is 12.1 Å². The van der Waals surface area contributed by atoms with E-state index in [-0.39, 0.29) is 11.4 Å². The third-order valence-electron chi connectivity index (χ3n) is 1.59. The van der Waals surface area contributed by atoms with Crippen molar-refractivity contribution in [3.05, 3.63) is 23.4 Å². The molecule has 0 aliphatic carbocycles. The molecule has 0 aromatic carbocycles. The van der Waals surface area contributed by atoms with Gasteiger partial charge in [0.05, 0.1) is 7.11 Å². The molecule has 0 saturated heterocycles. The smallest absolute Gasteiger partial charge is 0.265 e. The van der Waals surface area contributed by atoms with Gasteiger partial charge in [-0.1, -0.05) is 0 Å². The zero-order valence-electron chi connectivity index (χ0n) is 6.93. The van der Waals surface area contributed by atoms with Gasteiger partial charge in [0, 0.05) is 23.7 Å². The lowest BCUT2D eigenvalue weighted by Gasteiger charge is -2.06. The quantitative estimate of drug-likeness (QED) is 0.711. The maximum Gasteiger partial charge on any atom is 0.265 e. The van der Waals surface area contributed by atoms with E-state index >= 15 is 0 Å². The molecule has 0 bridgehead atoms. The van der Waals surface area contributed by atoms with Crippen LogP contribution in [0.2, 0.25) is 0 Å². The molecule has 0 unspecified atom stereocenters. The lowest BCUT2D eigenvalue weighted by Crippen LogP contribution is -1.96. The molecular weight excluding hydrogens is 200 g/mol. The summed E-state index contributed by atoms with van der Waals surface area (Å²) in [5, 5.41) is 0. The van der Waals surface area contributed by atoms with Gasteiger partial charge in [0.25, 0.3) is 6.43 Å². The van der Waals surface area contributed by atoms with E-state index < -0.39 is 6.43 Å². The number of hydrogen-bond acceptors (Lipinski definition) is 2. The Balaban J connectivity index is 3.08. The minimum absolute atomic E-state index is 0.0263. The molecule has 0 saturated carbocycles. The monoisotopic (exact) mass is 207 g/mol. The first-order valence-corrected chi connectivity index (χ1v) is 4.09. The van der Waals surface area contributed by atoms with Crippen LogP contribution in [0.25, 0.3) is 0 Å². The van der Waals surface area contributed by atoms with Crippen LogP contribution in [0.4, 0.5) is 8.78 Å². The van der Waals surface area contributed by atoms with E-state index in [2.05, 4.69) is 4.98 Å². The number of pyridine rings is 1. The number of rotatable bonds is 3. The van der Waals surface area contributed by atoms with Crippen LogP contribution in [0.1, 0.15) is 17.6 Å². The Bertz CT molecular complexity index is 293. The molecule has 0 N–H and O–H groups in total. The van der Waals surface area contributed by atoms with Crippen molar-refractivity contribution in [2.24, 2.45) is 0 Å². The zero-order chi connectivity index (χ0) is 9.84. The van der Waals surface area contributed by atoms with Crippen molar-refractivity contribution in [1.29, 1.82) is 0 Å². The third kappa shape index (κ3) is 2.28. The Morgan fingerprint density at radius 2 is 2.31 bits per heavy atom. The van der Waals surface area contributed by atoms with Gasteiger partial charge in [-0.25, -0.2) is 13.8 Å². The average Bonchev–Trinajstić information content (AvgIpc) is 2.16. The molecular formula is C8H8ClF2NO. The fraction of sp³-hybridized carbons (Fsp3) is 0.375. The number of hydrogen-bond donors (Lipinski definition) is 0. The number of nitrogens with zero attached hydrogens (tertiary/aromatic N) is 1. The van der Waals surface area contributed by atoms with Crippen molar-refractivity contribution in [2.45, 2.75) is 12.3 Å². The predicted octanol–water partition coefficient (Wildman–Crippen LogP) is 2.77. The first kappa shape index (κ1) is 10.2. The lowest BCUT2D eigenvalue weighted by molar-refractivity contribution is 0.150. The molecule has 0 aliphatic heterocycles. The first-order valence-electron chi connectivity index (χ1n) is 3.56. The minimum Gasteiger partial charge on any atom is -0.481 e. The molecule has 2 nitrogen and oxygen atoms in total. The second-order valence-electron chi connectivity index (χ2n) is 2.36. The molecule has 1 rings (SSSR count). The standard InChI is InChI=1S/C8H8ClF2NO/c1-13-7-2-5(3-9)6(4-12-7)8(10)11/h2,4,8H,3H2,1H3. The van der Waals surface area contributed by atoms with Crippen LogP contribution in [0, 0.1) is 0 Å². The van der Waals surface area contributed by atoms with Gasteiger partial charge < -0.3 is 4.74 Å². The van der Waals surface area contributed by atoms with Gasteiger partial charge in [-0.05, 0) is 5.56 Å². The fourth-order valence-corrected chi connectivity index (χ4v) is 1.14. The van der Waals surface area contributed by atoms with E-state index in [9.17, 15) is 8.78 Å². The summed E-state index contributed by atoms with van der Waals surface area (Å²) in [6, 6.07) is 1.41. The Hall–Kier alpha value is -0.900. The van der Waals surface area contributed by atoms with Gasteiger partial charge in [-0.3, -0.25) is 0 Å². The van der Waals surface area contributed by atoms with Crippen LogP contribution in [0.15, 0.2) is 12.3 Å². The molecule has 1 aromatic heterocycles. The molecule has 1 heterocycles. The summed E-state index contributed by atoms with van der Waals surface area (Å²) in [6.07, 6.45) is -1.46. The zero-order valence-corrected chi connectivity index (χ0v) is 7.68. The van der Waals surface area contributed by atoms with Crippen LogP contribution >= 0.6 is 11.6 Å². The van der Waals surface area contributed by atoms with Crippen molar-refractivity contribution in [3.63, 3.8) is 0 Å². The topological polar surface area (TPSA) is 22.1 Å². The van der Waals surface area contributed by atoms with Crippen LogP contribution < -0.4 is 4.74 Å². The van der Waals surface area contributed by atoms with E-state index in [1.807, 2.05) is 0 Å². The Kier molecular flexibility index (Phi) is 3.42. The maximum atomic E-state index is 12.3. The molecule has 0 amide bonds. The highest BCUT2D eigenvalue weighted by Crippen LogP contribution is 2.25. The molecule has 0 atom stereocenters. The molecule has 0 radical (unpaired) electrons. The van der Waals surface area contributed by atoms with E-state index in [4.69, 9.17) is 16.3 Å². The molecule has 0 fully saturated rings. The highest BCUT2D eigenvalue weighted by Gasteiger charge is 2.13. The normalized spacial score (nSPS) is 10.5. The molecule has 72 valence electrons. The molecule has 5 heteroatoms. The lowest BCUT2D eigenvalue weighted by atomic mass is 10.2. The summed E-state index contributed by atoms with van der Waals surface area (Å²) in [5.41, 5.74) is 0.208. The summed E-state index contributed by atoms with van der Waals surface area (Å²) in [7, 11) is 1.42. The molecule has 0 aliphatic rings. The number of alkyl halides is 3. The molecule has 13 heavy (non-hydrogen) atoms. The van der Waals surface area contributed by atoms with Crippen LogP contribution in [0.3, 0.4) is 0 Å². The Morgan fingerprint density at radius 1 is 1.62 bits per heavy atom. The summed E-state index contributed by atoms with van der Waals surface area (Å²) < 4.78 is 29.4. The Labute approximate surface area is 79.5 Å². The molecule has 0 spiro atoms. The van der Waals surface area contributed by atoms with E-state index in [0.29, 0.717) is 11.4 Å². The van der Waals surface area contributed by atoms with Crippen molar-refractivity contribution in [3.8, 4) is 5.88 Å². The SMILES string of the molecule is COc1cc(CCl)c(C(F)F)cn1. The van der Waals surface area contributed by atoms with Gasteiger partial charge in [0.15, 0.2) is 0 Å². The maximum absolute atomic E-state index is 12.3. The average molecular weight is 208 g/mol. The van der Waals surface area contributed by atoms with E-state index in [1.165, 1.54) is 13.2 Å². The van der Waals surface area contributed by atoms with Gasteiger partial charge in [-0.2, -0.15) is 0 Å². The fourth-order valence-electron chi connectivity index (χ4n) is 0.910. The third-order valence-corrected chi connectivity index (χ3v) is 1.88. The second kappa shape index (κ2) is 4.37. The van der Waals surface area contributed by atoms with Crippen molar-refractivity contribution >= 4 is 11.6 Å². The highest BCUT2D eigenvalue weighted by atomic mass is 35.5. The van der Waals surface area contributed by atoms with Crippen LogP contribution in [0.5, 0.6) is 5.88 Å². The number of methoxy groups -OCH3 is 1. The molecule has 1 aromatic rings. The van der Waals surface area contributed by atoms with Crippen molar-refractivity contribution in [2.75, 3.05) is 7.11 Å². The summed E-state index contributed by atoms with van der Waals surface area (Å²) in [6.45, 7) is 0. The number of ether oxygens (including phenoxy) is 1. The number of aromatic nitrogens is 1. The number of halogens is 3. The van der Waals surface area contributed by atoms with Gasteiger partial charge >= 0.3 is 0 Å². The first-order chi connectivity index (χ1) is 6.19. The van der Waals surface area contributed by atoms with Gasteiger partial charge in [0.1, 0.15) is 0 Å². The Morgan fingerprint density at radius 3 is 2.77 bits per heavy atom. The van der Waals surface area contributed by atoms with Gasteiger partial charge in [-0.15, -0.1) is 11.6 Å². The van der Waals surface area contributed by atoms with Crippen LogP contribution in [-0.2, 0) is 5.88 Å². The van der Waals surface area contributed by atoms with Crippen molar-refractivity contribution < 1.29 is 13.5 Å². The summed E-state index contributed by atoms with van der Waals surface area (Å²) >= 11 is 5.49. The van der Waals surface area contributed by atoms with Crippen molar-refractivity contribution in [1.82, 2.24) is 4.98 Å². The second-order valence-corrected chi connectivity index (χ2v) is 2.63. The highest BCUT2D eigenvalue weighted by molar-refractivity contribution is 6.17. The summed E-state index contributed by atoms with van der Waals surface area (Å²) in [4.78, 5) is 3.67.